The zero-order chi connectivity index (χ0) is 24.8. The fourth-order valence-electron chi connectivity index (χ4n) is 3.90. The SMILES string of the molecule is CCOc1ncc2c(n1)N(C)CCN(Cc1ccc(O[C@](O)(CCNC)c3cccs3)cc1)C2=O. The van der Waals surface area contributed by atoms with Crippen LogP contribution in [0.2, 0.25) is 0 Å². The summed E-state index contributed by atoms with van der Waals surface area (Å²) < 4.78 is 11.4. The number of anilines is 1. The molecular weight excluding hydrogens is 466 g/mol. The first kappa shape index (κ1) is 24.9. The van der Waals surface area contributed by atoms with Crippen molar-refractivity contribution in [3.05, 3.63) is 64.0 Å². The van der Waals surface area contributed by atoms with Gasteiger partial charge >= 0.3 is 6.01 Å². The van der Waals surface area contributed by atoms with Crippen LogP contribution in [0.3, 0.4) is 0 Å². The average molecular weight is 498 g/mol. The molecule has 2 aromatic heterocycles. The number of aromatic nitrogens is 2. The summed E-state index contributed by atoms with van der Waals surface area (Å²) >= 11 is 1.46. The van der Waals surface area contributed by atoms with Crippen molar-refractivity contribution in [2.45, 2.75) is 25.7 Å². The first-order valence-electron chi connectivity index (χ1n) is 11.6. The van der Waals surface area contributed by atoms with E-state index in [-0.39, 0.29) is 11.9 Å². The largest absolute Gasteiger partial charge is 0.464 e. The Kier molecular flexibility index (Phi) is 7.84. The lowest BCUT2D eigenvalue weighted by Crippen LogP contribution is -2.35. The number of rotatable bonds is 10. The van der Waals surface area contributed by atoms with E-state index < -0.39 is 5.79 Å². The Hall–Kier alpha value is -3.21. The Morgan fingerprint density at radius 1 is 1.23 bits per heavy atom. The number of hydrogen-bond acceptors (Lipinski definition) is 9. The highest BCUT2D eigenvalue weighted by Gasteiger charge is 2.32. The van der Waals surface area contributed by atoms with Crippen LogP contribution >= 0.6 is 11.3 Å². The molecular formula is C25H31N5O4S. The van der Waals surface area contributed by atoms with E-state index in [9.17, 15) is 9.90 Å². The highest BCUT2D eigenvalue weighted by Crippen LogP contribution is 2.32. The molecule has 2 N–H and O–H groups in total. The quantitative estimate of drug-likeness (QED) is 0.413. The first-order valence-corrected chi connectivity index (χ1v) is 12.5. The molecule has 0 saturated carbocycles. The number of benzene rings is 1. The van der Waals surface area contributed by atoms with Crippen molar-refractivity contribution in [2.24, 2.45) is 0 Å². The van der Waals surface area contributed by atoms with Gasteiger partial charge in [-0.15, -0.1) is 11.3 Å². The second-order valence-corrected chi connectivity index (χ2v) is 9.28. The maximum absolute atomic E-state index is 13.3. The number of nitrogens with zero attached hydrogens (tertiary/aromatic N) is 4. The van der Waals surface area contributed by atoms with E-state index in [1.54, 1.807) is 4.90 Å². The van der Waals surface area contributed by atoms with Crippen LogP contribution in [0.1, 0.15) is 34.1 Å². The molecule has 1 aliphatic rings. The minimum atomic E-state index is -1.41. The van der Waals surface area contributed by atoms with Gasteiger partial charge in [-0.25, -0.2) is 4.98 Å². The predicted molar refractivity (Wildman–Crippen MR) is 135 cm³/mol. The standard InChI is InChI=1S/C25H31N5O4S/c1-4-33-24-27-16-20-22(28-24)29(3)13-14-30(23(20)31)17-18-7-9-19(10-8-18)34-25(32,11-12-26-2)21-6-5-15-35-21/h5-10,15-16,26,32H,4,11-14,17H2,1-3H3/t25-/m1/s1. The fourth-order valence-corrected chi connectivity index (χ4v) is 4.68. The Balaban J connectivity index is 1.47. The topological polar surface area (TPSA) is 100 Å². The van der Waals surface area contributed by atoms with Gasteiger partial charge in [-0.2, -0.15) is 4.98 Å². The number of nitrogens with one attached hydrogen (secondary N) is 1. The Morgan fingerprint density at radius 3 is 2.71 bits per heavy atom. The van der Waals surface area contributed by atoms with Gasteiger partial charge in [0.2, 0.25) is 5.79 Å². The van der Waals surface area contributed by atoms with Crippen molar-refractivity contribution in [3.63, 3.8) is 0 Å². The van der Waals surface area contributed by atoms with E-state index in [0.29, 0.717) is 56.3 Å². The van der Waals surface area contributed by atoms with Crippen LogP contribution in [0.15, 0.2) is 48.0 Å². The summed E-state index contributed by atoms with van der Waals surface area (Å²) in [6.45, 7) is 4.57. The van der Waals surface area contributed by atoms with E-state index >= 15 is 0 Å². The maximum atomic E-state index is 13.3. The lowest BCUT2D eigenvalue weighted by atomic mass is 10.1. The van der Waals surface area contributed by atoms with Gasteiger partial charge in [0.15, 0.2) is 0 Å². The fraction of sp³-hybridized carbons (Fsp3) is 0.400. The highest BCUT2D eigenvalue weighted by atomic mass is 32.1. The second-order valence-electron chi connectivity index (χ2n) is 8.33. The number of aliphatic hydroxyl groups is 1. The van der Waals surface area contributed by atoms with E-state index in [2.05, 4.69) is 15.3 Å². The predicted octanol–water partition coefficient (Wildman–Crippen LogP) is 2.86. The molecule has 0 saturated heterocycles. The maximum Gasteiger partial charge on any atom is 0.318 e. The highest BCUT2D eigenvalue weighted by molar-refractivity contribution is 7.10. The van der Waals surface area contributed by atoms with Gasteiger partial charge in [-0.1, -0.05) is 18.2 Å². The Morgan fingerprint density at radius 2 is 2.03 bits per heavy atom. The number of ether oxygens (including phenoxy) is 2. The summed E-state index contributed by atoms with van der Waals surface area (Å²) in [5, 5.41) is 16.2. The summed E-state index contributed by atoms with van der Waals surface area (Å²) in [7, 11) is 3.75. The monoisotopic (exact) mass is 497 g/mol. The summed E-state index contributed by atoms with van der Waals surface area (Å²) in [6, 6.07) is 11.5. The van der Waals surface area contributed by atoms with E-state index in [0.717, 1.165) is 10.4 Å². The van der Waals surface area contributed by atoms with Gasteiger partial charge in [-0.05, 0) is 43.1 Å². The van der Waals surface area contributed by atoms with Crippen molar-refractivity contribution < 1.29 is 19.4 Å². The molecule has 1 aliphatic heterocycles. The third-order valence-corrected chi connectivity index (χ3v) is 6.81. The third kappa shape index (κ3) is 5.72. The second kappa shape index (κ2) is 11.0. The van der Waals surface area contributed by atoms with Crippen molar-refractivity contribution in [2.75, 3.05) is 45.2 Å². The molecule has 0 fully saturated rings. The molecule has 3 heterocycles. The first-order chi connectivity index (χ1) is 16.9. The van der Waals surface area contributed by atoms with Crippen molar-refractivity contribution >= 4 is 23.1 Å². The van der Waals surface area contributed by atoms with Crippen molar-refractivity contribution in [1.29, 1.82) is 0 Å². The molecule has 0 aliphatic carbocycles. The number of likely N-dealkylation sites (N-methyl/N-ethyl adjacent to an activating group) is 1. The molecule has 1 atom stereocenters. The molecule has 0 radical (unpaired) electrons. The Bertz CT molecular complexity index is 1130. The molecule has 3 aromatic rings. The van der Waals surface area contributed by atoms with Gasteiger partial charge < -0.3 is 29.7 Å². The smallest absolute Gasteiger partial charge is 0.318 e. The number of hydrogen-bond donors (Lipinski definition) is 2. The number of amides is 1. The molecule has 0 bridgehead atoms. The minimum absolute atomic E-state index is 0.119. The minimum Gasteiger partial charge on any atom is -0.464 e. The number of thiophene rings is 1. The van der Waals surface area contributed by atoms with Crippen LogP contribution in [0, 0.1) is 0 Å². The Labute approximate surface area is 209 Å². The van der Waals surface area contributed by atoms with Crippen molar-refractivity contribution in [1.82, 2.24) is 20.2 Å². The van der Waals surface area contributed by atoms with Crippen LogP contribution in [0.4, 0.5) is 5.82 Å². The van der Waals surface area contributed by atoms with Gasteiger partial charge in [0.1, 0.15) is 17.1 Å². The molecule has 0 spiro atoms. The van der Waals surface area contributed by atoms with Crippen molar-refractivity contribution in [3.8, 4) is 11.8 Å². The lowest BCUT2D eigenvalue weighted by Gasteiger charge is -2.28. The van der Waals surface area contributed by atoms with E-state index in [1.807, 2.05) is 67.7 Å². The van der Waals surface area contributed by atoms with Gasteiger partial charge in [0.05, 0.1) is 11.5 Å². The van der Waals surface area contributed by atoms with Crippen LogP contribution in [-0.4, -0.2) is 66.2 Å². The van der Waals surface area contributed by atoms with Gasteiger partial charge in [0, 0.05) is 45.8 Å². The molecule has 1 aromatic carbocycles. The van der Waals surface area contributed by atoms with E-state index in [4.69, 9.17) is 9.47 Å². The third-order valence-electron chi connectivity index (χ3n) is 5.81. The van der Waals surface area contributed by atoms with Crippen LogP contribution in [0.25, 0.3) is 0 Å². The molecule has 9 nitrogen and oxygen atoms in total. The molecule has 35 heavy (non-hydrogen) atoms. The van der Waals surface area contributed by atoms with Crippen LogP contribution in [0.5, 0.6) is 11.8 Å². The summed E-state index contributed by atoms with van der Waals surface area (Å²) in [4.78, 5) is 26.4. The van der Waals surface area contributed by atoms with Crippen LogP contribution in [-0.2, 0) is 12.3 Å². The average Bonchev–Trinajstić information content (AvgIpc) is 3.39. The summed E-state index contributed by atoms with van der Waals surface area (Å²) in [5.74, 6) is -0.389. The molecule has 10 heteroatoms. The zero-order valence-corrected chi connectivity index (χ0v) is 21.0. The van der Waals surface area contributed by atoms with E-state index in [1.165, 1.54) is 17.5 Å². The summed E-state index contributed by atoms with van der Waals surface area (Å²) in [6.07, 6.45) is 1.95. The molecule has 186 valence electrons. The van der Waals surface area contributed by atoms with Gasteiger partial charge in [-0.3, -0.25) is 4.79 Å². The zero-order valence-electron chi connectivity index (χ0n) is 20.2. The molecule has 1 amide bonds. The van der Waals surface area contributed by atoms with Gasteiger partial charge in [0.25, 0.3) is 5.91 Å². The van der Waals surface area contributed by atoms with Crippen LogP contribution < -0.4 is 19.7 Å². The lowest BCUT2D eigenvalue weighted by molar-refractivity contribution is -0.147. The normalized spacial score (nSPS) is 15.4. The number of carbonyl (C=O) groups is 1. The number of carbonyl (C=O) groups excluding carboxylic acids is 1. The summed E-state index contributed by atoms with van der Waals surface area (Å²) in [5.41, 5.74) is 1.41. The molecule has 0 unspecified atom stereocenters. The molecule has 4 rings (SSSR count). The number of fused-ring (bicyclic) bond motifs is 1.